The molecule has 1 heterocycles. The Labute approximate surface area is 108 Å². The van der Waals surface area contributed by atoms with Gasteiger partial charge in [0.1, 0.15) is 6.17 Å². The molecule has 0 radical (unpaired) electrons. The number of hydrogen-bond donors (Lipinski definition) is 1. The molecule has 3 rings (SSSR count). The second-order valence-corrected chi connectivity index (χ2v) is 5.73. The van der Waals surface area contributed by atoms with Crippen LogP contribution in [0, 0.1) is 12.8 Å². The van der Waals surface area contributed by atoms with Crippen molar-refractivity contribution in [3.63, 3.8) is 0 Å². The van der Waals surface area contributed by atoms with Gasteiger partial charge in [0.25, 0.3) is 0 Å². The normalized spacial score (nSPS) is 35.1. The minimum absolute atomic E-state index is 0.0577. The van der Waals surface area contributed by atoms with Crippen molar-refractivity contribution < 1.29 is 4.79 Å². The van der Waals surface area contributed by atoms with E-state index in [1.54, 1.807) is 0 Å². The summed E-state index contributed by atoms with van der Waals surface area (Å²) in [7, 11) is 0. The number of rotatable bonds is 2. The number of benzene rings is 1. The molecule has 1 aliphatic heterocycles. The first-order valence-electron chi connectivity index (χ1n) is 6.72. The van der Waals surface area contributed by atoms with Crippen molar-refractivity contribution in [1.29, 1.82) is 0 Å². The smallest absolute Gasteiger partial charge is 0.241 e. The van der Waals surface area contributed by atoms with Gasteiger partial charge >= 0.3 is 0 Å². The van der Waals surface area contributed by atoms with Crippen molar-refractivity contribution in [1.82, 2.24) is 10.2 Å². The first kappa shape index (κ1) is 11.7. The van der Waals surface area contributed by atoms with Gasteiger partial charge in [-0.25, -0.2) is 0 Å². The lowest BCUT2D eigenvalue weighted by Gasteiger charge is -2.25. The summed E-state index contributed by atoms with van der Waals surface area (Å²) in [5, 5.41) is 3.42. The quantitative estimate of drug-likeness (QED) is 0.865. The SMILES string of the molecule is Cc1cccc(C2NC(C)C(=O)N2C2CC2C)c1. The largest absolute Gasteiger partial charge is 0.318 e. The maximum absolute atomic E-state index is 12.3. The van der Waals surface area contributed by atoms with Crippen LogP contribution in [0.2, 0.25) is 0 Å². The maximum Gasteiger partial charge on any atom is 0.241 e. The average molecular weight is 244 g/mol. The Bertz CT molecular complexity index is 485. The van der Waals surface area contributed by atoms with E-state index >= 15 is 0 Å². The minimum Gasteiger partial charge on any atom is -0.318 e. The number of hydrogen-bond acceptors (Lipinski definition) is 2. The Kier molecular flexibility index (Phi) is 2.67. The molecular formula is C15H20N2O. The third-order valence-corrected chi connectivity index (χ3v) is 4.09. The highest BCUT2D eigenvalue weighted by Crippen LogP contribution is 2.41. The van der Waals surface area contributed by atoms with Crippen molar-refractivity contribution in [2.45, 2.75) is 45.4 Å². The van der Waals surface area contributed by atoms with Gasteiger partial charge in [-0.2, -0.15) is 0 Å². The van der Waals surface area contributed by atoms with Crippen molar-refractivity contribution in [2.24, 2.45) is 5.92 Å². The zero-order valence-corrected chi connectivity index (χ0v) is 11.2. The van der Waals surface area contributed by atoms with Crippen molar-refractivity contribution in [3.8, 4) is 0 Å². The lowest BCUT2D eigenvalue weighted by Crippen LogP contribution is -2.33. The fourth-order valence-corrected chi connectivity index (χ4v) is 2.88. The van der Waals surface area contributed by atoms with E-state index in [-0.39, 0.29) is 18.1 Å². The zero-order chi connectivity index (χ0) is 12.9. The van der Waals surface area contributed by atoms with Crippen LogP contribution in [-0.4, -0.2) is 22.9 Å². The molecule has 3 heteroatoms. The molecule has 1 N–H and O–H groups in total. The van der Waals surface area contributed by atoms with Crippen LogP contribution >= 0.6 is 0 Å². The molecule has 1 amide bonds. The monoisotopic (exact) mass is 244 g/mol. The second-order valence-electron chi connectivity index (χ2n) is 5.73. The van der Waals surface area contributed by atoms with Crippen LogP contribution in [0.5, 0.6) is 0 Å². The molecule has 2 aliphatic rings. The molecule has 1 aliphatic carbocycles. The van der Waals surface area contributed by atoms with Crippen molar-refractivity contribution in [3.05, 3.63) is 35.4 Å². The summed E-state index contributed by atoms with van der Waals surface area (Å²) in [6.07, 6.45) is 1.20. The second kappa shape index (κ2) is 4.09. The van der Waals surface area contributed by atoms with E-state index in [9.17, 15) is 4.79 Å². The van der Waals surface area contributed by atoms with Crippen LogP contribution in [0.3, 0.4) is 0 Å². The highest BCUT2D eigenvalue weighted by atomic mass is 16.2. The van der Waals surface area contributed by atoms with Crippen LogP contribution in [0.4, 0.5) is 0 Å². The van der Waals surface area contributed by atoms with E-state index in [4.69, 9.17) is 0 Å². The Morgan fingerprint density at radius 2 is 2.06 bits per heavy atom. The molecule has 4 unspecified atom stereocenters. The summed E-state index contributed by atoms with van der Waals surface area (Å²) in [4.78, 5) is 14.3. The fourth-order valence-electron chi connectivity index (χ4n) is 2.88. The topological polar surface area (TPSA) is 32.3 Å². The fraction of sp³-hybridized carbons (Fsp3) is 0.533. The van der Waals surface area contributed by atoms with Crippen LogP contribution in [0.15, 0.2) is 24.3 Å². The molecule has 18 heavy (non-hydrogen) atoms. The summed E-state index contributed by atoms with van der Waals surface area (Å²) in [5.74, 6) is 0.893. The molecular weight excluding hydrogens is 224 g/mol. The Morgan fingerprint density at radius 3 is 2.67 bits per heavy atom. The molecule has 4 atom stereocenters. The molecule has 96 valence electrons. The van der Waals surface area contributed by atoms with Gasteiger partial charge in [-0.05, 0) is 31.7 Å². The van der Waals surface area contributed by atoms with E-state index in [1.807, 2.05) is 6.92 Å². The molecule has 1 saturated heterocycles. The summed E-state index contributed by atoms with van der Waals surface area (Å²) in [6.45, 7) is 6.26. The summed E-state index contributed by atoms with van der Waals surface area (Å²) in [5.41, 5.74) is 2.44. The molecule has 2 fully saturated rings. The third-order valence-electron chi connectivity index (χ3n) is 4.09. The maximum atomic E-state index is 12.3. The van der Waals surface area contributed by atoms with E-state index in [1.165, 1.54) is 11.1 Å². The number of nitrogens with zero attached hydrogens (tertiary/aromatic N) is 1. The Morgan fingerprint density at radius 1 is 1.33 bits per heavy atom. The van der Waals surface area contributed by atoms with Gasteiger partial charge < -0.3 is 4.90 Å². The molecule has 0 spiro atoms. The lowest BCUT2D eigenvalue weighted by molar-refractivity contribution is -0.130. The molecule has 0 bridgehead atoms. The van der Waals surface area contributed by atoms with E-state index in [2.05, 4.69) is 48.3 Å². The molecule has 3 nitrogen and oxygen atoms in total. The van der Waals surface area contributed by atoms with Crippen LogP contribution in [0.1, 0.15) is 37.6 Å². The van der Waals surface area contributed by atoms with E-state index in [0.717, 1.165) is 6.42 Å². The Hall–Kier alpha value is -1.35. The highest BCUT2D eigenvalue weighted by molar-refractivity contribution is 5.84. The van der Waals surface area contributed by atoms with Crippen LogP contribution in [0.25, 0.3) is 0 Å². The summed E-state index contributed by atoms with van der Waals surface area (Å²) < 4.78 is 0. The van der Waals surface area contributed by atoms with Gasteiger partial charge in [0.2, 0.25) is 5.91 Å². The molecule has 1 aromatic rings. The zero-order valence-electron chi connectivity index (χ0n) is 11.2. The van der Waals surface area contributed by atoms with Gasteiger partial charge in [0.05, 0.1) is 6.04 Å². The average Bonchev–Trinajstić information content (AvgIpc) is 2.96. The molecule has 1 saturated carbocycles. The third kappa shape index (κ3) is 1.83. The number of carbonyl (C=O) groups is 1. The van der Waals surface area contributed by atoms with E-state index in [0.29, 0.717) is 12.0 Å². The first-order chi connectivity index (χ1) is 8.58. The summed E-state index contributed by atoms with van der Waals surface area (Å²) in [6, 6.07) is 8.80. The number of aryl methyl sites for hydroxylation is 1. The number of nitrogens with one attached hydrogen (secondary N) is 1. The van der Waals surface area contributed by atoms with Gasteiger partial charge in [0.15, 0.2) is 0 Å². The minimum atomic E-state index is -0.0664. The Balaban J connectivity index is 1.92. The summed E-state index contributed by atoms with van der Waals surface area (Å²) >= 11 is 0. The van der Waals surface area contributed by atoms with Crippen molar-refractivity contribution >= 4 is 5.91 Å². The molecule has 0 aromatic heterocycles. The highest BCUT2D eigenvalue weighted by Gasteiger charge is 2.49. The first-order valence-corrected chi connectivity index (χ1v) is 6.72. The standard InChI is InChI=1S/C15H20N2O/c1-9-5-4-6-12(7-9)14-16-11(3)15(18)17(14)13-8-10(13)2/h4-7,10-11,13-14,16H,8H2,1-3H3. The van der Waals surface area contributed by atoms with Gasteiger partial charge in [0, 0.05) is 6.04 Å². The molecule has 1 aromatic carbocycles. The van der Waals surface area contributed by atoms with Gasteiger partial charge in [-0.3, -0.25) is 10.1 Å². The predicted octanol–water partition coefficient (Wildman–Crippen LogP) is 2.22. The van der Waals surface area contributed by atoms with E-state index < -0.39 is 0 Å². The lowest BCUT2D eigenvalue weighted by atomic mass is 10.1. The predicted molar refractivity (Wildman–Crippen MR) is 70.9 cm³/mol. The van der Waals surface area contributed by atoms with Crippen LogP contribution < -0.4 is 5.32 Å². The number of amides is 1. The van der Waals surface area contributed by atoms with Crippen molar-refractivity contribution in [2.75, 3.05) is 0 Å². The van der Waals surface area contributed by atoms with Crippen LogP contribution in [-0.2, 0) is 4.79 Å². The number of carbonyl (C=O) groups excluding carboxylic acids is 1. The van der Waals surface area contributed by atoms with Gasteiger partial charge in [-0.15, -0.1) is 0 Å². The van der Waals surface area contributed by atoms with Gasteiger partial charge in [-0.1, -0.05) is 36.8 Å².